The van der Waals surface area contributed by atoms with E-state index in [2.05, 4.69) is 0 Å². The molecule has 130 valence electrons. The molecule has 2 N–H and O–H groups in total. The fraction of sp³-hybridized carbons (Fsp3) is 0.562. The molecule has 0 aromatic heterocycles. The maximum atomic E-state index is 13.0. The Bertz CT molecular complexity index is 536. The van der Waals surface area contributed by atoms with Crippen LogP contribution in [0.3, 0.4) is 0 Å². The minimum Gasteiger partial charge on any atom is -0.341 e. The zero-order chi connectivity index (χ0) is 16.3. The lowest BCUT2D eigenvalue weighted by atomic mass is 9.94. The average Bonchev–Trinajstić information content (AvgIpc) is 2.94. The lowest BCUT2D eigenvalue weighted by Crippen LogP contribution is -2.36. The van der Waals surface area contributed by atoms with Crippen molar-refractivity contribution in [2.24, 2.45) is 17.6 Å². The molecule has 1 saturated carbocycles. The highest BCUT2D eigenvalue weighted by atomic mass is 35.5. The first-order valence-corrected chi connectivity index (χ1v) is 7.44. The Labute approximate surface area is 140 Å². The Morgan fingerprint density at radius 2 is 1.96 bits per heavy atom. The van der Waals surface area contributed by atoms with Crippen LogP contribution in [0.25, 0.3) is 0 Å². The van der Waals surface area contributed by atoms with Gasteiger partial charge in [-0.25, -0.2) is 0 Å². The Morgan fingerprint density at radius 1 is 1.30 bits per heavy atom. The van der Waals surface area contributed by atoms with Crippen molar-refractivity contribution in [2.45, 2.75) is 32.0 Å². The second-order valence-electron chi connectivity index (χ2n) is 5.88. The summed E-state index contributed by atoms with van der Waals surface area (Å²) in [6.07, 6.45) is -1.77. The number of carbonyl (C=O) groups excluding carboxylic acids is 1. The zero-order valence-corrected chi connectivity index (χ0v) is 13.8. The third kappa shape index (κ3) is 4.61. The summed E-state index contributed by atoms with van der Waals surface area (Å²) in [7, 11) is 1.56. The van der Waals surface area contributed by atoms with Gasteiger partial charge in [0.15, 0.2) is 0 Å². The van der Waals surface area contributed by atoms with Crippen molar-refractivity contribution >= 4 is 18.3 Å². The fourth-order valence-corrected chi connectivity index (χ4v) is 3.20. The van der Waals surface area contributed by atoms with E-state index in [4.69, 9.17) is 5.73 Å². The number of halogens is 4. The standard InChI is InChI=1S/C16H21F3N2O.ClH/c1-21(15(22)13-7-4-6-11(13)9-20)10-12-5-2-3-8-14(12)16(17,18)19;/h2-3,5,8,11,13H,4,6-7,9-10,20H2,1H3;1H/t11-,13-;/m1./s1. The van der Waals surface area contributed by atoms with E-state index in [1.54, 1.807) is 13.1 Å². The van der Waals surface area contributed by atoms with E-state index in [9.17, 15) is 18.0 Å². The van der Waals surface area contributed by atoms with Gasteiger partial charge < -0.3 is 10.6 Å². The molecule has 1 aliphatic rings. The molecule has 0 aliphatic heterocycles. The number of hydrogen-bond donors (Lipinski definition) is 1. The quantitative estimate of drug-likeness (QED) is 0.904. The molecule has 0 spiro atoms. The largest absolute Gasteiger partial charge is 0.416 e. The third-order valence-electron chi connectivity index (χ3n) is 4.39. The zero-order valence-electron chi connectivity index (χ0n) is 13.0. The summed E-state index contributed by atoms with van der Waals surface area (Å²) in [5.41, 5.74) is 5.11. The topological polar surface area (TPSA) is 46.3 Å². The van der Waals surface area contributed by atoms with Crippen molar-refractivity contribution in [2.75, 3.05) is 13.6 Å². The average molecular weight is 351 g/mol. The van der Waals surface area contributed by atoms with Crippen LogP contribution in [0.1, 0.15) is 30.4 Å². The first-order valence-electron chi connectivity index (χ1n) is 7.44. The van der Waals surface area contributed by atoms with Crippen molar-refractivity contribution in [3.63, 3.8) is 0 Å². The van der Waals surface area contributed by atoms with Crippen molar-refractivity contribution in [3.8, 4) is 0 Å². The summed E-state index contributed by atoms with van der Waals surface area (Å²) < 4.78 is 39.0. The second-order valence-corrected chi connectivity index (χ2v) is 5.88. The normalized spacial score (nSPS) is 20.9. The highest BCUT2D eigenvalue weighted by Gasteiger charge is 2.36. The van der Waals surface area contributed by atoms with Gasteiger partial charge in [-0.2, -0.15) is 13.2 Å². The summed E-state index contributed by atoms with van der Waals surface area (Å²) in [4.78, 5) is 13.9. The van der Waals surface area contributed by atoms with E-state index < -0.39 is 11.7 Å². The summed E-state index contributed by atoms with van der Waals surface area (Å²) in [6.45, 7) is 0.408. The number of amides is 1. The molecule has 1 aromatic carbocycles. The first kappa shape index (κ1) is 19.8. The van der Waals surface area contributed by atoms with Gasteiger partial charge in [-0.1, -0.05) is 24.6 Å². The van der Waals surface area contributed by atoms with Gasteiger partial charge in [0.2, 0.25) is 5.91 Å². The molecular formula is C16H22ClF3N2O. The SMILES string of the molecule is CN(Cc1ccccc1C(F)(F)F)C(=O)[C@@H]1CCC[C@@H]1CN.Cl. The van der Waals surface area contributed by atoms with Crippen LogP contribution >= 0.6 is 12.4 Å². The number of nitrogens with zero attached hydrogens (tertiary/aromatic N) is 1. The lowest BCUT2D eigenvalue weighted by molar-refractivity contribution is -0.140. The molecule has 0 unspecified atom stereocenters. The number of carbonyl (C=O) groups is 1. The first-order chi connectivity index (χ1) is 10.3. The van der Waals surface area contributed by atoms with Gasteiger partial charge in [0.25, 0.3) is 0 Å². The monoisotopic (exact) mass is 350 g/mol. The molecule has 0 bridgehead atoms. The third-order valence-corrected chi connectivity index (χ3v) is 4.39. The summed E-state index contributed by atoms with van der Waals surface area (Å²) in [5, 5.41) is 0. The molecule has 1 fully saturated rings. The van der Waals surface area contributed by atoms with Gasteiger partial charge in [0.1, 0.15) is 0 Å². The number of alkyl halides is 3. The Morgan fingerprint density at radius 3 is 2.57 bits per heavy atom. The second kappa shape index (κ2) is 8.02. The number of rotatable bonds is 4. The van der Waals surface area contributed by atoms with Crippen LogP contribution in [-0.2, 0) is 17.5 Å². The maximum Gasteiger partial charge on any atom is 0.416 e. The van der Waals surface area contributed by atoms with E-state index in [1.165, 1.54) is 17.0 Å². The Balaban J connectivity index is 0.00000264. The number of benzene rings is 1. The molecule has 0 heterocycles. The Kier molecular flexibility index (Phi) is 6.89. The summed E-state index contributed by atoms with van der Waals surface area (Å²) in [5.74, 6) is -0.120. The van der Waals surface area contributed by atoms with Gasteiger partial charge in [-0.3, -0.25) is 4.79 Å². The van der Waals surface area contributed by atoms with Crippen LogP contribution < -0.4 is 5.73 Å². The summed E-state index contributed by atoms with van der Waals surface area (Å²) >= 11 is 0. The fourth-order valence-electron chi connectivity index (χ4n) is 3.20. The van der Waals surface area contributed by atoms with Crippen LogP contribution in [-0.4, -0.2) is 24.4 Å². The van der Waals surface area contributed by atoms with Crippen molar-refractivity contribution in [1.29, 1.82) is 0 Å². The van der Waals surface area contributed by atoms with Gasteiger partial charge in [0, 0.05) is 19.5 Å². The van der Waals surface area contributed by atoms with Crippen molar-refractivity contribution < 1.29 is 18.0 Å². The molecule has 7 heteroatoms. The molecule has 2 atom stereocenters. The minimum absolute atomic E-state index is 0. The van der Waals surface area contributed by atoms with Gasteiger partial charge in [-0.15, -0.1) is 12.4 Å². The minimum atomic E-state index is -4.41. The summed E-state index contributed by atoms with van der Waals surface area (Å²) in [6, 6.07) is 5.38. The van der Waals surface area contributed by atoms with Crippen LogP contribution in [0.15, 0.2) is 24.3 Å². The molecule has 2 rings (SSSR count). The van der Waals surface area contributed by atoms with Gasteiger partial charge in [0.05, 0.1) is 5.56 Å². The van der Waals surface area contributed by atoms with Crippen molar-refractivity contribution in [1.82, 2.24) is 4.90 Å². The van der Waals surface area contributed by atoms with Gasteiger partial charge >= 0.3 is 6.18 Å². The van der Waals surface area contributed by atoms with Crippen LogP contribution in [0.4, 0.5) is 13.2 Å². The molecule has 0 radical (unpaired) electrons. The van der Waals surface area contributed by atoms with E-state index in [1.807, 2.05) is 0 Å². The lowest BCUT2D eigenvalue weighted by Gasteiger charge is -2.25. The molecular weight excluding hydrogens is 329 g/mol. The number of nitrogens with two attached hydrogens (primary N) is 1. The van der Waals surface area contributed by atoms with E-state index in [0.717, 1.165) is 25.3 Å². The highest BCUT2D eigenvalue weighted by Crippen LogP contribution is 2.34. The van der Waals surface area contributed by atoms with E-state index >= 15 is 0 Å². The van der Waals surface area contributed by atoms with Crippen LogP contribution in [0.2, 0.25) is 0 Å². The molecule has 23 heavy (non-hydrogen) atoms. The van der Waals surface area contributed by atoms with E-state index in [-0.39, 0.29) is 42.3 Å². The predicted molar refractivity (Wildman–Crippen MR) is 85.1 cm³/mol. The Hall–Kier alpha value is -1.27. The number of hydrogen-bond acceptors (Lipinski definition) is 2. The molecule has 1 aromatic rings. The molecule has 1 aliphatic carbocycles. The van der Waals surface area contributed by atoms with Crippen LogP contribution in [0.5, 0.6) is 0 Å². The predicted octanol–water partition coefficient (Wildman–Crippen LogP) is 3.46. The smallest absolute Gasteiger partial charge is 0.341 e. The van der Waals surface area contributed by atoms with Crippen molar-refractivity contribution in [3.05, 3.63) is 35.4 Å². The molecule has 0 saturated heterocycles. The molecule has 1 amide bonds. The molecule has 3 nitrogen and oxygen atoms in total. The van der Waals surface area contributed by atoms with Crippen LogP contribution in [0, 0.1) is 11.8 Å². The highest BCUT2D eigenvalue weighted by molar-refractivity contribution is 5.85. The van der Waals surface area contributed by atoms with Gasteiger partial charge in [-0.05, 0) is 36.9 Å². The van der Waals surface area contributed by atoms with E-state index in [0.29, 0.717) is 6.54 Å². The maximum absolute atomic E-state index is 13.0.